The maximum Gasteiger partial charge on any atom is 0.237 e. The third kappa shape index (κ3) is 3.81. The Kier molecular flexibility index (Phi) is 5.60. The number of hydrogen-bond acceptors (Lipinski definition) is 3. The number of nitrogens with zero attached hydrogens (tertiary/aromatic N) is 1. The number of amides is 1. The molecular weight excluding hydrogens is 322 g/mol. The molecule has 1 heterocycles. The molecule has 2 fully saturated rings. The number of likely N-dealkylation sites (N-methyl/N-ethyl adjacent to an activating group) is 1. The van der Waals surface area contributed by atoms with Crippen molar-refractivity contribution in [2.45, 2.75) is 82.0 Å². The van der Waals surface area contributed by atoms with Crippen molar-refractivity contribution in [1.29, 1.82) is 0 Å². The molecule has 1 amide bonds. The summed E-state index contributed by atoms with van der Waals surface area (Å²) in [7, 11) is 1.77. The molecule has 2 aliphatic carbocycles. The minimum absolute atomic E-state index is 0.0163. The summed E-state index contributed by atoms with van der Waals surface area (Å²) in [6.45, 7) is 1.01. The van der Waals surface area contributed by atoms with Crippen LogP contribution in [0.15, 0.2) is 24.3 Å². The highest BCUT2D eigenvalue weighted by Gasteiger charge is 2.42. The van der Waals surface area contributed by atoms with E-state index in [1.165, 1.54) is 49.7 Å². The number of likely N-dealkylation sites (tertiary alicyclic amines) is 1. The van der Waals surface area contributed by atoms with Gasteiger partial charge in [-0.1, -0.05) is 49.9 Å². The molecule has 1 aromatic rings. The molecule has 4 rings (SSSR count). The first kappa shape index (κ1) is 18.0. The van der Waals surface area contributed by atoms with Crippen LogP contribution in [0.3, 0.4) is 0 Å². The largest absolute Gasteiger partial charge is 0.358 e. The van der Waals surface area contributed by atoms with Gasteiger partial charge in [-0.25, -0.2) is 0 Å². The molecule has 26 heavy (non-hydrogen) atoms. The van der Waals surface area contributed by atoms with E-state index >= 15 is 0 Å². The van der Waals surface area contributed by atoms with Gasteiger partial charge in [-0.05, 0) is 43.2 Å². The topological polar surface area (TPSA) is 44.4 Å². The zero-order valence-corrected chi connectivity index (χ0v) is 16.0. The van der Waals surface area contributed by atoms with Crippen molar-refractivity contribution in [3.05, 3.63) is 35.4 Å². The van der Waals surface area contributed by atoms with Crippen LogP contribution in [0.1, 0.15) is 56.1 Å². The summed E-state index contributed by atoms with van der Waals surface area (Å²) >= 11 is 0. The predicted molar refractivity (Wildman–Crippen MR) is 105 cm³/mol. The summed E-state index contributed by atoms with van der Waals surface area (Å²) in [5.41, 5.74) is 2.93. The van der Waals surface area contributed by atoms with Crippen molar-refractivity contribution in [3.8, 4) is 0 Å². The van der Waals surface area contributed by atoms with Crippen LogP contribution in [-0.2, 0) is 17.6 Å². The fourth-order valence-electron chi connectivity index (χ4n) is 5.36. The highest BCUT2D eigenvalue weighted by molar-refractivity contribution is 5.82. The fraction of sp³-hybridized carbons (Fsp3) is 0.682. The van der Waals surface area contributed by atoms with Gasteiger partial charge in [0.05, 0.1) is 6.04 Å². The van der Waals surface area contributed by atoms with Gasteiger partial charge in [0.2, 0.25) is 5.91 Å². The minimum Gasteiger partial charge on any atom is -0.358 e. The van der Waals surface area contributed by atoms with Crippen LogP contribution in [0.5, 0.6) is 0 Å². The Morgan fingerprint density at radius 2 is 1.65 bits per heavy atom. The molecule has 4 nitrogen and oxygen atoms in total. The van der Waals surface area contributed by atoms with E-state index in [0.717, 1.165) is 25.8 Å². The van der Waals surface area contributed by atoms with Gasteiger partial charge in [0.25, 0.3) is 0 Å². The molecular formula is C22H33N3O. The van der Waals surface area contributed by atoms with Crippen molar-refractivity contribution in [2.24, 2.45) is 0 Å². The number of carbonyl (C=O) groups excluding carboxylic acids is 1. The van der Waals surface area contributed by atoms with E-state index in [-0.39, 0.29) is 11.9 Å². The van der Waals surface area contributed by atoms with Crippen LogP contribution in [-0.4, -0.2) is 48.6 Å². The SMILES string of the molecule is CNC(=O)[C@@H]1C[C@H](NC2CCCCCC2)CN1C1Cc2ccccc2C1. The lowest BCUT2D eigenvalue weighted by Gasteiger charge is -2.29. The second-order valence-electron chi connectivity index (χ2n) is 8.45. The zero-order valence-electron chi connectivity index (χ0n) is 16.0. The van der Waals surface area contributed by atoms with Crippen LogP contribution in [0.4, 0.5) is 0 Å². The van der Waals surface area contributed by atoms with Gasteiger partial charge in [0.1, 0.15) is 0 Å². The predicted octanol–water partition coefficient (Wildman–Crippen LogP) is 2.66. The molecule has 1 saturated heterocycles. The van der Waals surface area contributed by atoms with Crippen molar-refractivity contribution < 1.29 is 4.79 Å². The third-order valence-corrected chi connectivity index (χ3v) is 6.71. The molecule has 0 radical (unpaired) electrons. The van der Waals surface area contributed by atoms with Crippen LogP contribution in [0, 0.1) is 0 Å². The molecule has 2 N–H and O–H groups in total. The lowest BCUT2D eigenvalue weighted by atomic mass is 10.1. The Balaban J connectivity index is 1.43. The zero-order chi connectivity index (χ0) is 17.9. The van der Waals surface area contributed by atoms with E-state index < -0.39 is 0 Å². The smallest absolute Gasteiger partial charge is 0.237 e. The first-order valence-electron chi connectivity index (χ1n) is 10.5. The lowest BCUT2D eigenvalue weighted by molar-refractivity contribution is -0.125. The summed E-state index contributed by atoms with van der Waals surface area (Å²) < 4.78 is 0. The Morgan fingerprint density at radius 3 is 2.27 bits per heavy atom. The summed E-state index contributed by atoms with van der Waals surface area (Å²) in [6.07, 6.45) is 11.2. The maximum absolute atomic E-state index is 12.6. The van der Waals surface area contributed by atoms with Crippen LogP contribution < -0.4 is 10.6 Å². The normalized spacial score (nSPS) is 28.0. The molecule has 0 unspecified atom stereocenters. The van der Waals surface area contributed by atoms with Gasteiger partial charge in [0, 0.05) is 31.7 Å². The van der Waals surface area contributed by atoms with Crippen LogP contribution in [0.25, 0.3) is 0 Å². The number of nitrogens with one attached hydrogen (secondary N) is 2. The van der Waals surface area contributed by atoms with E-state index in [4.69, 9.17) is 0 Å². The number of hydrogen-bond donors (Lipinski definition) is 2. The summed E-state index contributed by atoms with van der Waals surface area (Å²) in [5.74, 6) is 0.186. The summed E-state index contributed by atoms with van der Waals surface area (Å²) in [4.78, 5) is 15.1. The van der Waals surface area contributed by atoms with Crippen LogP contribution >= 0.6 is 0 Å². The molecule has 1 saturated carbocycles. The Hall–Kier alpha value is -1.39. The van der Waals surface area contributed by atoms with Crippen LogP contribution in [0.2, 0.25) is 0 Å². The maximum atomic E-state index is 12.6. The standard InChI is InChI=1S/C22H33N3O/c1-23-22(26)21-14-19(24-18-10-4-2-3-5-11-18)15-25(21)20-12-16-8-6-7-9-17(16)13-20/h6-9,18-21,24H,2-5,10-15H2,1H3,(H,23,26)/t19-,21-/m0/s1. The van der Waals surface area contributed by atoms with E-state index in [2.05, 4.69) is 39.8 Å². The Morgan fingerprint density at radius 1 is 1.00 bits per heavy atom. The van der Waals surface area contributed by atoms with Gasteiger partial charge >= 0.3 is 0 Å². The molecule has 2 atom stereocenters. The van der Waals surface area contributed by atoms with Crippen molar-refractivity contribution >= 4 is 5.91 Å². The number of benzene rings is 1. The first-order chi connectivity index (χ1) is 12.7. The molecule has 4 heteroatoms. The highest BCUT2D eigenvalue weighted by Crippen LogP contribution is 2.31. The quantitative estimate of drug-likeness (QED) is 0.816. The number of carbonyl (C=O) groups is 1. The van der Waals surface area contributed by atoms with Gasteiger partial charge in [-0.3, -0.25) is 9.69 Å². The van der Waals surface area contributed by atoms with E-state index in [1.807, 2.05) is 0 Å². The monoisotopic (exact) mass is 355 g/mol. The number of rotatable bonds is 4. The second-order valence-corrected chi connectivity index (χ2v) is 8.45. The number of fused-ring (bicyclic) bond motifs is 1. The summed E-state index contributed by atoms with van der Waals surface area (Å²) in [5, 5.41) is 6.83. The van der Waals surface area contributed by atoms with Crippen molar-refractivity contribution in [3.63, 3.8) is 0 Å². The molecule has 0 aromatic heterocycles. The van der Waals surface area contributed by atoms with Gasteiger partial charge in [-0.2, -0.15) is 0 Å². The van der Waals surface area contributed by atoms with E-state index in [1.54, 1.807) is 7.05 Å². The second kappa shape index (κ2) is 8.10. The molecule has 0 spiro atoms. The van der Waals surface area contributed by atoms with Crippen molar-refractivity contribution in [1.82, 2.24) is 15.5 Å². The van der Waals surface area contributed by atoms with Gasteiger partial charge < -0.3 is 10.6 Å². The van der Waals surface area contributed by atoms with Crippen molar-refractivity contribution in [2.75, 3.05) is 13.6 Å². The van der Waals surface area contributed by atoms with Gasteiger partial charge in [-0.15, -0.1) is 0 Å². The average Bonchev–Trinajstić information content (AvgIpc) is 3.18. The molecule has 1 aromatic carbocycles. The first-order valence-corrected chi connectivity index (χ1v) is 10.5. The Labute approximate surface area is 157 Å². The molecule has 0 bridgehead atoms. The van der Waals surface area contributed by atoms with E-state index in [9.17, 15) is 4.79 Å². The van der Waals surface area contributed by atoms with E-state index in [0.29, 0.717) is 18.1 Å². The summed E-state index contributed by atoms with van der Waals surface area (Å²) in [6, 6.07) is 10.4. The average molecular weight is 356 g/mol. The fourth-order valence-corrected chi connectivity index (χ4v) is 5.36. The lowest BCUT2D eigenvalue weighted by Crippen LogP contribution is -2.47. The molecule has 3 aliphatic rings. The third-order valence-electron chi connectivity index (χ3n) is 6.71. The highest BCUT2D eigenvalue weighted by atomic mass is 16.2. The Bertz CT molecular complexity index is 599. The molecule has 142 valence electrons. The minimum atomic E-state index is 0.0163. The van der Waals surface area contributed by atoms with Gasteiger partial charge in [0.15, 0.2) is 0 Å². The molecule has 1 aliphatic heterocycles.